The summed E-state index contributed by atoms with van der Waals surface area (Å²) in [7, 11) is 0. The predicted octanol–water partition coefficient (Wildman–Crippen LogP) is 8.14. The molecular formula is C50H50N6O10. The Morgan fingerprint density at radius 3 is 1.36 bits per heavy atom. The first kappa shape index (κ1) is 46.2. The highest BCUT2D eigenvalue weighted by Crippen LogP contribution is 2.39. The van der Waals surface area contributed by atoms with E-state index in [0.717, 1.165) is 48.3 Å². The number of carbonyl (C=O) groups is 4. The van der Waals surface area contributed by atoms with Crippen molar-refractivity contribution in [2.24, 2.45) is 11.5 Å². The lowest BCUT2D eigenvalue weighted by atomic mass is 9.97. The number of aliphatic carboxylic acids is 2. The monoisotopic (exact) mass is 894 g/mol. The molecule has 2 amide bonds. The fourth-order valence-corrected chi connectivity index (χ4v) is 7.22. The van der Waals surface area contributed by atoms with Gasteiger partial charge in [-0.15, -0.1) is 0 Å². The van der Waals surface area contributed by atoms with Gasteiger partial charge in [-0.3, -0.25) is 19.2 Å². The number of anilines is 2. The van der Waals surface area contributed by atoms with Gasteiger partial charge in [0.25, 0.3) is 0 Å². The van der Waals surface area contributed by atoms with Gasteiger partial charge < -0.3 is 51.3 Å². The smallest absolute Gasteiger partial charge is 0.303 e. The lowest BCUT2D eigenvalue weighted by Gasteiger charge is -2.26. The summed E-state index contributed by atoms with van der Waals surface area (Å²) >= 11 is 0. The van der Waals surface area contributed by atoms with Crippen LogP contribution >= 0.6 is 0 Å². The highest BCUT2D eigenvalue weighted by molar-refractivity contribution is 5.95. The van der Waals surface area contributed by atoms with Crippen molar-refractivity contribution in [3.05, 3.63) is 156 Å². The maximum Gasteiger partial charge on any atom is 0.303 e. The van der Waals surface area contributed by atoms with Gasteiger partial charge in [-0.1, -0.05) is 60.7 Å². The van der Waals surface area contributed by atoms with Crippen LogP contribution < -0.4 is 41.0 Å². The van der Waals surface area contributed by atoms with E-state index in [1.807, 2.05) is 72.8 Å². The second-order valence-corrected chi connectivity index (χ2v) is 15.7. The van der Waals surface area contributed by atoms with E-state index in [2.05, 4.69) is 44.9 Å². The molecule has 0 fully saturated rings. The van der Waals surface area contributed by atoms with Crippen LogP contribution in [0.2, 0.25) is 0 Å². The Hall–Kier alpha value is -7.82. The molecule has 16 heteroatoms. The minimum absolute atomic E-state index is 0.0483. The number of hydrogen-bond acceptors (Lipinski definition) is 12. The summed E-state index contributed by atoms with van der Waals surface area (Å²) in [5.74, 6) is 0.846. The number of amides is 2. The summed E-state index contributed by atoms with van der Waals surface area (Å²) in [6.45, 7) is 0. The van der Waals surface area contributed by atoms with Gasteiger partial charge in [0.15, 0.2) is 0 Å². The molecule has 2 aliphatic heterocycles. The number of carboxylic acid groups (broad SMARTS) is 2. The number of fused-ring (bicyclic) bond motifs is 2. The Labute approximate surface area is 380 Å². The average molecular weight is 895 g/mol. The lowest BCUT2D eigenvalue weighted by Crippen LogP contribution is -2.36. The van der Waals surface area contributed by atoms with E-state index in [-0.39, 0.29) is 37.9 Å². The predicted molar refractivity (Wildman–Crippen MR) is 245 cm³/mol. The zero-order chi connectivity index (χ0) is 46.4. The molecule has 2 aliphatic rings. The van der Waals surface area contributed by atoms with Gasteiger partial charge in [0.05, 0.1) is 35.9 Å². The van der Waals surface area contributed by atoms with Crippen molar-refractivity contribution in [3.63, 3.8) is 0 Å². The first-order valence-corrected chi connectivity index (χ1v) is 21.5. The molecule has 340 valence electrons. The zero-order valence-corrected chi connectivity index (χ0v) is 35.9. The van der Waals surface area contributed by atoms with Crippen LogP contribution in [0.15, 0.2) is 134 Å². The Morgan fingerprint density at radius 2 is 1.00 bits per heavy atom. The second-order valence-electron chi connectivity index (χ2n) is 15.7. The molecule has 16 nitrogen and oxygen atoms in total. The van der Waals surface area contributed by atoms with Crippen molar-refractivity contribution < 1.29 is 48.3 Å². The van der Waals surface area contributed by atoms with E-state index in [9.17, 15) is 19.2 Å². The molecule has 0 saturated heterocycles. The summed E-state index contributed by atoms with van der Waals surface area (Å²) < 4.78 is 24.1. The molecular weight excluding hydrogens is 845 g/mol. The van der Waals surface area contributed by atoms with Crippen LogP contribution in [-0.4, -0.2) is 56.0 Å². The number of nitrogens with two attached hydrogens (primary N) is 2. The van der Waals surface area contributed by atoms with Crippen LogP contribution in [0.3, 0.4) is 0 Å². The number of benzene rings is 4. The van der Waals surface area contributed by atoms with Gasteiger partial charge in [0.2, 0.25) is 23.6 Å². The summed E-state index contributed by atoms with van der Waals surface area (Å²) in [5.41, 5.74) is 16.8. The molecule has 4 atom stereocenters. The minimum atomic E-state index is -0.994. The van der Waals surface area contributed by atoms with E-state index in [1.54, 1.807) is 24.3 Å². The van der Waals surface area contributed by atoms with Crippen molar-refractivity contribution in [2.75, 3.05) is 10.6 Å². The Bertz CT molecular complexity index is 2420. The number of rotatable bonds is 16. The van der Waals surface area contributed by atoms with Crippen molar-refractivity contribution in [1.29, 1.82) is 0 Å². The summed E-state index contributed by atoms with van der Waals surface area (Å²) in [4.78, 5) is 53.8. The molecule has 8 N–H and O–H groups in total. The third-order valence-electron chi connectivity index (χ3n) is 10.8. The Morgan fingerprint density at radius 1 is 0.591 bits per heavy atom. The van der Waals surface area contributed by atoms with Crippen molar-refractivity contribution >= 4 is 35.1 Å². The minimum Gasteiger partial charge on any atom is -0.485 e. The van der Waals surface area contributed by atoms with Crippen molar-refractivity contribution in [1.82, 2.24) is 9.97 Å². The van der Waals surface area contributed by atoms with Crippen LogP contribution in [0, 0.1) is 0 Å². The maximum absolute atomic E-state index is 12.1. The number of nitrogens with one attached hydrogen (secondary N) is 2. The van der Waals surface area contributed by atoms with Crippen LogP contribution in [0.4, 0.5) is 11.4 Å². The number of carbonyl (C=O) groups excluding carboxylic acids is 2. The molecule has 66 heavy (non-hydrogen) atoms. The molecule has 4 aromatic carbocycles. The molecule has 8 rings (SSSR count). The molecule has 0 spiro atoms. The first-order chi connectivity index (χ1) is 31.9. The number of pyridine rings is 2. The number of aromatic nitrogens is 2. The molecule has 4 heterocycles. The molecule has 0 aliphatic carbocycles. The van der Waals surface area contributed by atoms with Gasteiger partial charge in [0, 0.05) is 25.0 Å². The number of aryl methyl sites for hydroxylation is 2. The van der Waals surface area contributed by atoms with Gasteiger partial charge in [0.1, 0.15) is 35.2 Å². The maximum atomic E-state index is 12.1. The normalized spacial score (nSPS) is 15.6. The molecule has 2 aromatic heterocycles. The standard InChI is InChI=1S/2C25H25N3O5/c2*26-20(9-13-24(29)30)25(31)28-18-7-12-23(27-15-18)32-19-8-11-22-17(14-19)6-10-21(33-22)16-4-2-1-3-5-16/h2*1-5,7-8,11-12,14-15,20-21H,6,9-10,13,26H2,(H,28,31)(H,29,30)/t2*20-,21?/m00/s1. The number of nitrogens with zero attached hydrogens (tertiary/aromatic N) is 2. The zero-order valence-electron chi connectivity index (χ0n) is 35.9. The topological polar surface area (TPSA) is 248 Å². The molecule has 2 unspecified atom stereocenters. The van der Waals surface area contributed by atoms with E-state index >= 15 is 0 Å². The SMILES string of the molecule is N[C@@H](CCC(=O)O)C(=O)Nc1ccc(Oc2ccc3c(c2)CCC(c2ccccc2)O3)nc1.N[C@@H](CCC(=O)O)C(=O)Nc1ccc(Oc2ccc3c(c2)CCC(c2ccccc2)O3)nc1. The highest BCUT2D eigenvalue weighted by Gasteiger charge is 2.24. The largest absolute Gasteiger partial charge is 0.485 e. The van der Waals surface area contributed by atoms with Crippen LogP contribution in [-0.2, 0) is 32.0 Å². The number of hydrogen-bond donors (Lipinski definition) is 6. The van der Waals surface area contributed by atoms with Crippen LogP contribution in [0.1, 0.15) is 73.0 Å². The third-order valence-corrected chi connectivity index (χ3v) is 10.8. The van der Waals surface area contributed by atoms with Crippen LogP contribution in [0.5, 0.6) is 34.8 Å². The number of ether oxygens (including phenoxy) is 4. The van der Waals surface area contributed by atoms with Gasteiger partial charge in [-0.2, -0.15) is 0 Å². The highest BCUT2D eigenvalue weighted by atomic mass is 16.5. The average Bonchev–Trinajstić information content (AvgIpc) is 3.34. The quantitative estimate of drug-likeness (QED) is 0.0537. The fourth-order valence-electron chi connectivity index (χ4n) is 7.22. The van der Waals surface area contributed by atoms with Crippen LogP contribution in [0.25, 0.3) is 0 Å². The van der Waals surface area contributed by atoms with Gasteiger partial charge >= 0.3 is 11.9 Å². The number of carboxylic acids is 2. The molecule has 0 bridgehead atoms. The van der Waals surface area contributed by atoms with Gasteiger partial charge in [-0.25, -0.2) is 9.97 Å². The van der Waals surface area contributed by atoms with E-state index in [0.29, 0.717) is 34.6 Å². The summed E-state index contributed by atoms with van der Waals surface area (Å²) in [6.07, 6.45) is 6.35. The van der Waals surface area contributed by atoms with E-state index in [4.69, 9.17) is 40.6 Å². The summed E-state index contributed by atoms with van der Waals surface area (Å²) in [5, 5.41) is 22.6. The summed E-state index contributed by atoms with van der Waals surface area (Å²) in [6, 6.07) is 36.5. The fraction of sp³-hybridized carbons (Fsp3) is 0.240. The lowest BCUT2D eigenvalue weighted by molar-refractivity contribution is -0.138. The van der Waals surface area contributed by atoms with Crippen molar-refractivity contribution in [3.8, 4) is 34.8 Å². The molecule has 6 aromatic rings. The Kier molecular flexibility index (Phi) is 15.5. The second kappa shape index (κ2) is 22.2. The first-order valence-electron chi connectivity index (χ1n) is 21.5. The molecule has 0 saturated carbocycles. The third kappa shape index (κ3) is 13.1. The van der Waals surface area contributed by atoms with Crippen molar-refractivity contribution in [2.45, 2.75) is 75.7 Å². The Balaban J connectivity index is 0.000000196. The van der Waals surface area contributed by atoms with E-state index in [1.165, 1.54) is 23.5 Å². The van der Waals surface area contributed by atoms with Gasteiger partial charge in [-0.05, 0) is 109 Å². The van der Waals surface area contributed by atoms with E-state index < -0.39 is 35.8 Å². The molecule has 0 radical (unpaired) electrons.